The van der Waals surface area contributed by atoms with Crippen molar-refractivity contribution in [3.8, 4) is 57.1 Å². The molecule has 0 amide bonds. The Morgan fingerprint density at radius 2 is 0.885 bits per heavy atom. The number of hydrogen-bond acceptors (Lipinski definition) is 16. The van der Waals surface area contributed by atoms with Gasteiger partial charge < -0.3 is 56.5 Å². The molecule has 0 saturated carbocycles. The molecule has 0 N–H and O–H groups in total. The van der Waals surface area contributed by atoms with Crippen molar-refractivity contribution in [3.05, 3.63) is 189 Å². The van der Waals surface area contributed by atoms with E-state index in [4.69, 9.17) is 46.7 Å². The number of carbonyl (C=O) groups is 2. The maximum absolute atomic E-state index is 13.6. The molecule has 78 heavy (non-hydrogen) atoms. The number of benzene rings is 6. The van der Waals surface area contributed by atoms with Gasteiger partial charge in [-0.25, -0.2) is 9.59 Å². The molecule has 8 aromatic rings. The molecule has 404 valence electrons. The molecule has 0 aliphatic rings. The highest BCUT2D eigenvalue weighted by molar-refractivity contribution is 5.92. The van der Waals surface area contributed by atoms with Gasteiger partial charge in [-0.05, 0) is 86.6 Å². The fraction of sp³-hybridized carbons (Fsp3) is 0.258. The maximum Gasteiger partial charge on any atom is 0.331 e. The summed E-state index contributed by atoms with van der Waals surface area (Å²) in [5.41, 5.74) is 3.77. The smallest absolute Gasteiger partial charge is 0.331 e. The molecule has 0 spiro atoms. The predicted molar refractivity (Wildman–Crippen MR) is 297 cm³/mol. The van der Waals surface area contributed by atoms with Crippen LogP contribution >= 0.6 is 0 Å². The summed E-state index contributed by atoms with van der Waals surface area (Å²) in [6.45, 7) is 1.48. The van der Waals surface area contributed by atoms with Crippen LogP contribution in [0.25, 0.3) is 44.6 Å². The molecule has 2 aromatic heterocycles. The van der Waals surface area contributed by atoms with Crippen LogP contribution in [0.2, 0.25) is 0 Å². The second-order valence-corrected chi connectivity index (χ2v) is 18.5. The van der Waals surface area contributed by atoms with Crippen LogP contribution in [0.5, 0.6) is 34.5 Å². The lowest BCUT2D eigenvalue weighted by atomic mass is 10.1. The van der Waals surface area contributed by atoms with E-state index in [1.54, 1.807) is 64.8 Å². The van der Waals surface area contributed by atoms with E-state index in [9.17, 15) is 19.2 Å². The lowest BCUT2D eigenvalue weighted by Crippen LogP contribution is -2.38. The van der Waals surface area contributed by atoms with Gasteiger partial charge in [-0.2, -0.15) is 0 Å². The van der Waals surface area contributed by atoms with E-state index < -0.39 is 24.1 Å². The van der Waals surface area contributed by atoms with Crippen LogP contribution in [0.4, 0.5) is 0 Å². The molecule has 0 radical (unpaired) electrons. The van der Waals surface area contributed by atoms with Gasteiger partial charge in [0.2, 0.25) is 0 Å². The van der Waals surface area contributed by atoms with Crippen molar-refractivity contribution < 1.29 is 56.3 Å². The van der Waals surface area contributed by atoms with Crippen molar-refractivity contribution in [2.45, 2.75) is 25.0 Å². The first kappa shape index (κ1) is 55.4. The molecule has 0 aliphatic carbocycles. The van der Waals surface area contributed by atoms with Crippen molar-refractivity contribution in [3.63, 3.8) is 0 Å². The zero-order valence-corrected chi connectivity index (χ0v) is 44.4. The molecule has 8 rings (SSSR count). The minimum absolute atomic E-state index is 0.0837. The van der Waals surface area contributed by atoms with E-state index >= 15 is 0 Å². The first-order valence-electron chi connectivity index (χ1n) is 25.3. The second-order valence-electron chi connectivity index (χ2n) is 18.5. The van der Waals surface area contributed by atoms with Gasteiger partial charge in [-0.1, -0.05) is 72.8 Å². The van der Waals surface area contributed by atoms with Gasteiger partial charge in [0.1, 0.15) is 59.6 Å². The number of ether oxygens (including phenoxy) is 8. The second kappa shape index (κ2) is 26.8. The van der Waals surface area contributed by atoms with Crippen molar-refractivity contribution in [2.24, 2.45) is 0 Å². The van der Waals surface area contributed by atoms with Crippen LogP contribution in [0.1, 0.15) is 11.1 Å². The summed E-state index contributed by atoms with van der Waals surface area (Å²) in [6, 6.07) is 42.8. The SMILES string of the molecule is COc1ccc(CCN(C)CC(COc2ccc3c(=O)cc(-c4ccccc4)oc3c2)OC(=O)/C=C\C(=O)OC(COc2ccc3c(=O)cc(-c4ccccc4)oc3c2)CN(C)CCc2ccc(OC)c(OC)c2)cc1OC. The molecule has 2 unspecified atom stereocenters. The predicted octanol–water partition coefficient (Wildman–Crippen LogP) is 9.45. The summed E-state index contributed by atoms with van der Waals surface area (Å²) in [6.07, 6.45) is 1.65. The Hall–Kier alpha value is -8.86. The van der Waals surface area contributed by atoms with Crippen LogP contribution in [-0.2, 0) is 31.9 Å². The maximum atomic E-state index is 13.6. The summed E-state index contributed by atoms with van der Waals surface area (Å²) in [4.78, 5) is 57.4. The van der Waals surface area contributed by atoms with Crippen molar-refractivity contribution in [1.82, 2.24) is 9.80 Å². The minimum atomic E-state index is -0.831. The monoisotopic (exact) mass is 1060 g/mol. The molecule has 0 fully saturated rings. The van der Waals surface area contributed by atoms with Crippen LogP contribution < -0.4 is 39.3 Å². The van der Waals surface area contributed by atoms with Gasteiger partial charge in [-0.3, -0.25) is 9.59 Å². The fourth-order valence-electron chi connectivity index (χ4n) is 8.70. The number of carbonyl (C=O) groups excluding carboxylic acids is 2. The van der Waals surface area contributed by atoms with E-state index in [0.717, 1.165) is 34.4 Å². The Balaban J connectivity index is 0.964. The highest BCUT2D eigenvalue weighted by Crippen LogP contribution is 2.30. The van der Waals surface area contributed by atoms with Crippen molar-refractivity contribution in [1.29, 1.82) is 0 Å². The Labute approximate surface area is 451 Å². The Morgan fingerprint density at radius 1 is 0.487 bits per heavy atom. The van der Waals surface area contributed by atoms with E-state index in [0.29, 0.717) is 93.9 Å². The summed E-state index contributed by atoms with van der Waals surface area (Å²) in [5.74, 6) is 2.44. The van der Waals surface area contributed by atoms with Gasteiger partial charge in [0, 0.05) is 73.7 Å². The number of hydrogen-bond donors (Lipinski definition) is 0. The molecule has 2 atom stereocenters. The highest BCUT2D eigenvalue weighted by Gasteiger charge is 2.21. The summed E-state index contributed by atoms with van der Waals surface area (Å²) < 4.78 is 58.5. The highest BCUT2D eigenvalue weighted by atomic mass is 16.6. The van der Waals surface area contributed by atoms with Gasteiger partial charge in [-0.15, -0.1) is 0 Å². The molecule has 16 nitrogen and oxygen atoms in total. The van der Waals surface area contributed by atoms with Crippen LogP contribution in [0, 0.1) is 0 Å². The van der Waals surface area contributed by atoms with Gasteiger partial charge in [0.25, 0.3) is 0 Å². The van der Waals surface area contributed by atoms with Crippen LogP contribution in [0.15, 0.2) is 176 Å². The van der Waals surface area contributed by atoms with E-state index in [1.807, 2.05) is 121 Å². The Kier molecular flexibility index (Phi) is 19.0. The van der Waals surface area contributed by atoms with Gasteiger partial charge in [0.15, 0.2) is 33.9 Å². The molecule has 2 heterocycles. The summed E-state index contributed by atoms with van der Waals surface area (Å²) in [7, 11) is 10.1. The van der Waals surface area contributed by atoms with E-state index in [1.165, 1.54) is 12.1 Å². The normalized spacial score (nSPS) is 12.2. The zero-order chi connectivity index (χ0) is 55.0. The first-order valence-corrected chi connectivity index (χ1v) is 25.3. The average molecular weight is 1060 g/mol. The standard InChI is InChI=1S/C62H62N2O14/c1-63(29-27-41-17-23-53(69-3)59(31-41)71-5)37-47(39-73-45-19-21-49-51(65)35-55(77-57(49)33-45)43-13-9-7-10-14-43)75-61(67)25-26-62(68)76-48(38-64(2)30-28-42-18-24-54(70-4)60(32-42)72-6)40-74-46-20-22-50-52(66)36-56(78-58(50)34-46)44-15-11-8-12-16-44/h7-26,31-36,47-48H,27-30,37-40H2,1-6H3/b26-25-. The Bertz CT molecular complexity index is 3240. The molecular weight excluding hydrogens is 997 g/mol. The molecule has 0 bridgehead atoms. The Morgan fingerprint density at radius 3 is 1.27 bits per heavy atom. The average Bonchev–Trinajstić information content (AvgIpc) is 3.52. The van der Waals surface area contributed by atoms with Crippen LogP contribution in [-0.4, -0.2) is 116 Å². The summed E-state index contributed by atoms with van der Waals surface area (Å²) >= 11 is 0. The largest absolute Gasteiger partial charge is 0.493 e. The number of fused-ring (bicyclic) bond motifs is 2. The quantitative estimate of drug-likeness (QED) is 0.0370. The number of rotatable bonds is 26. The third-order valence-corrected chi connectivity index (χ3v) is 12.8. The fourth-order valence-corrected chi connectivity index (χ4v) is 8.70. The number of methoxy groups -OCH3 is 4. The molecule has 16 heteroatoms. The topological polar surface area (TPSA) is 175 Å². The third kappa shape index (κ3) is 15.0. The number of esters is 2. The van der Waals surface area contributed by atoms with E-state index in [-0.39, 0.29) is 37.2 Å². The van der Waals surface area contributed by atoms with Crippen molar-refractivity contribution >= 4 is 33.9 Å². The molecule has 6 aromatic carbocycles. The summed E-state index contributed by atoms with van der Waals surface area (Å²) in [5, 5.41) is 0.765. The van der Waals surface area contributed by atoms with Gasteiger partial charge >= 0.3 is 11.9 Å². The molecule has 0 aliphatic heterocycles. The molecule has 0 saturated heterocycles. The zero-order valence-electron chi connectivity index (χ0n) is 44.4. The number of nitrogens with zero attached hydrogens (tertiary/aromatic N) is 2. The number of likely N-dealkylation sites (N-methyl/N-ethyl adjacent to an activating group) is 2. The lowest BCUT2D eigenvalue weighted by Gasteiger charge is -2.24. The van der Waals surface area contributed by atoms with Crippen LogP contribution in [0.3, 0.4) is 0 Å². The lowest BCUT2D eigenvalue weighted by molar-refractivity contribution is -0.148. The van der Waals surface area contributed by atoms with Crippen molar-refractivity contribution in [2.75, 3.05) is 81.9 Å². The third-order valence-electron chi connectivity index (χ3n) is 12.8. The minimum Gasteiger partial charge on any atom is -0.493 e. The van der Waals surface area contributed by atoms with E-state index in [2.05, 4.69) is 0 Å². The van der Waals surface area contributed by atoms with Gasteiger partial charge in [0.05, 0.1) is 39.2 Å². The first-order chi connectivity index (χ1) is 37.9. The molecular formula is C62H62N2O14.